The molecule has 3 rings (SSSR count). The van der Waals surface area contributed by atoms with Gasteiger partial charge in [0.1, 0.15) is 17.1 Å². The Labute approximate surface area is 120 Å². The van der Waals surface area contributed by atoms with Crippen molar-refractivity contribution in [3.8, 4) is 5.75 Å². The molecule has 4 nitrogen and oxygen atoms in total. The van der Waals surface area contributed by atoms with Crippen LogP contribution >= 0.6 is 11.3 Å². The van der Waals surface area contributed by atoms with E-state index in [1.165, 1.54) is 30.6 Å². The molecule has 1 fully saturated rings. The number of hydrogen-bond donors (Lipinski definition) is 1. The second kappa shape index (κ2) is 5.01. The number of rotatable bonds is 4. The molecule has 1 amide bonds. The molecule has 6 heteroatoms. The molecule has 1 aliphatic rings. The fraction of sp³-hybridized carbons (Fsp3) is 0.429. The van der Waals surface area contributed by atoms with Gasteiger partial charge >= 0.3 is 0 Å². The van der Waals surface area contributed by atoms with Crippen LogP contribution in [0.25, 0.3) is 10.2 Å². The Kier molecular flexibility index (Phi) is 3.33. The molecule has 0 spiro atoms. The summed E-state index contributed by atoms with van der Waals surface area (Å²) < 4.78 is 19.2. The highest BCUT2D eigenvalue weighted by Gasteiger charge is 2.32. The fourth-order valence-electron chi connectivity index (χ4n) is 2.21. The predicted octanol–water partition coefficient (Wildman–Crippen LogP) is 3.43. The lowest BCUT2D eigenvalue weighted by Crippen LogP contribution is -2.21. The van der Waals surface area contributed by atoms with E-state index in [0.717, 1.165) is 12.8 Å². The second-order valence-corrected chi connectivity index (χ2v) is 6.12. The third-order valence-electron chi connectivity index (χ3n) is 3.62. The van der Waals surface area contributed by atoms with Crippen LogP contribution in [0.2, 0.25) is 0 Å². The number of carbonyl (C=O) groups is 1. The zero-order chi connectivity index (χ0) is 14.3. The van der Waals surface area contributed by atoms with Crippen molar-refractivity contribution in [3.63, 3.8) is 0 Å². The SMILES string of the molecule is COc1cc(F)cc2sc(NC(=O)C(C)C3CC3)nc12. The minimum Gasteiger partial charge on any atom is -0.494 e. The van der Waals surface area contributed by atoms with Crippen LogP contribution in [0.4, 0.5) is 9.52 Å². The molecule has 1 aromatic heterocycles. The first-order valence-electron chi connectivity index (χ1n) is 6.53. The van der Waals surface area contributed by atoms with Crippen molar-refractivity contribution in [2.24, 2.45) is 11.8 Å². The number of halogens is 1. The zero-order valence-corrected chi connectivity index (χ0v) is 12.1. The summed E-state index contributed by atoms with van der Waals surface area (Å²) in [6, 6.07) is 2.69. The van der Waals surface area contributed by atoms with E-state index in [2.05, 4.69) is 10.3 Å². The van der Waals surface area contributed by atoms with Crippen molar-refractivity contribution < 1.29 is 13.9 Å². The van der Waals surface area contributed by atoms with E-state index in [1.807, 2.05) is 6.92 Å². The van der Waals surface area contributed by atoms with Gasteiger partial charge in [-0.25, -0.2) is 9.37 Å². The average molecular weight is 294 g/mol. The Morgan fingerprint density at radius 3 is 2.95 bits per heavy atom. The Balaban J connectivity index is 1.87. The lowest BCUT2D eigenvalue weighted by molar-refractivity contribution is -0.119. The van der Waals surface area contributed by atoms with E-state index in [9.17, 15) is 9.18 Å². The molecule has 0 aliphatic heterocycles. The maximum absolute atomic E-state index is 13.4. The van der Waals surface area contributed by atoms with E-state index in [-0.39, 0.29) is 17.6 Å². The van der Waals surface area contributed by atoms with Gasteiger partial charge in [-0.15, -0.1) is 0 Å². The molecule has 1 saturated carbocycles. The Morgan fingerprint density at radius 2 is 2.30 bits per heavy atom. The fourth-order valence-corrected chi connectivity index (χ4v) is 3.12. The molecule has 106 valence electrons. The summed E-state index contributed by atoms with van der Waals surface area (Å²) >= 11 is 1.26. The van der Waals surface area contributed by atoms with Crippen LogP contribution in [0.5, 0.6) is 5.75 Å². The van der Waals surface area contributed by atoms with Gasteiger partial charge in [-0.1, -0.05) is 18.3 Å². The maximum Gasteiger partial charge on any atom is 0.229 e. The molecule has 0 saturated heterocycles. The minimum absolute atomic E-state index is 0.000596. The van der Waals surface area contributed by atoms with Crippen molar-refractivity contribution in [1.29, 1.82) is 0 Å². The van der Waals surface area contributed by atoms with Crippen LogP contribution in [0, 0.1) is 17.7 Å². The number of fused-ring (bicyclic) bond motifs is 1. The van der Waals surface area contributed by atoms with Crippen molar-refractivity contribution in [2.45, 2.75) is 19.8 Å². The van der Waals surface area contributed by atoms with Crippen LogP contribution in [0.15, 0.2) is 12.1 Å². The summed E-state index contributed by atoms with van der Waals surface area (Å²) in [7, 11) is 1.47. The summed E-state index contributed by atoms with van der Waals surface area (Å²) in [4.78, 5) is 16.4. The minimum atomic E-state index is -0.373. The van der Waals surface area contributed by atoms with Crippen molar-refractivity contribution >= 4 is 32.6 Å². The van der Waals surface area contributed by atoms with E-state index in [0.29, 0.717) is 27.0 Å². The third kappa shape index (κ3) is 2.47. The molecular weight excluding hydrogens is 279 g/mol. The second-order valence-electron chi connectivity index (χ2n) is 5.09. The standard InChI is InChI=1S/C14H15FN2O2S/c1-7(8-3-4-8)13(18)17-14-16-12-10(19-2)5-9(15)6-11(12)20-14/h5-8H,3-4H2,1-2H3,(H,16,17,18). The van der Waals surface area contributed by atoms with Crippen molar-refractivity contribution in [1.82, 2.24) is 4.98 Å². The number of nitrogens with one attached hydrogen (secondary N) is 1. The Hall–Kier alpha value is -1.69. The molecule has 0 radical (unpaired) electrons. The summed E-state index contributed by atoms with van der Waals surface area (Å²) in [5.74, 6) is 0.484. The molecule has 1 heterocycles. The first-order chi connectivity index (χ1) is 9.58. The Morgan fingerprint density at radius 1 is 1.55 bits per heavy atom. The smallest absolute Gasteiger partial charge is 0.229 e. The van der Waals surface area contributed by atoms with E-state index >= 15 is 0 Å². The van der Waals surface area contributed by atoms with Crippen LogP contribution < -0.4 is 10.1 Å². The molecule has 2 aromatic rings. The summed E-state index contributed by atoms with van der Waals surface area (Å²) in [6.07, 6.45) is 2.24. The predicted molar refractivity (Wildman–Crippen MR) is 76.6 cm³/mol. The Bertz CT molecular complexity index is 666. The van der Waals surface area contributed by atoms with Crippen molar-refractivity contribution in [2.75, 3.05) is 12.4 Å². The van der Waals surface area contributed by atoms with E-state index in [1.54, 1.807) is 0 Å². The van der Waals surface area contributed by atoms with Gasteiger partial charge < -0.3 is 10.1 Å². The molecule has 1 unspecified atom stereocenters. The van der Waals surface area contributed by atoms with E-state index < -0.39 is 0 Å². The van der Waals surface area contributed by atoms with Gasteiger partial charge in [-0.05, 0) is 24.8 Å². The molecule has 0 bridgehead atoms. The van der Waals surface area contributed by atoms with Gasteiger partial charge in [0.05, 0.1) is 11.8 Å². The molecule has 1 atom stereocenters. The summed E-state index contributed by atoms with van der Waals surface area (Å²) in [6.45, 7) is 1.93. The first kappa shape index (κ1) is 13.3. The van der Waals surface area contributed by atoms with Gasteiger partial charge in [0.25, 0.3) is 0 Å². The topological polar surface area (TPSA) is 51.2 Å². The highest BCUT2D eigenvalue weighted by molar-refractivity contribution is 7.22. The monoisotopic (exact) mass is 294 g/mol. The summed E-state index contributed by atoms with van der Waals surface area (Å²) in [5, 5.41) is 3.30. The quantitative estimate of drug-likeness (QED) is 0.940. The highest BCUT2D eigenvalue weighted by Crippen LogP contribution is 2.38. The molecule has 1 aromatic carbocycles. The zero-order valence-electron chi connectivity index (χ0n) is 11.3. The third-order valence-corrected chi connectivity index (χ3v) is 4.54. The molecular formula is C14H15FN2O2S. The largest absolute Gasteiger partial charge is 0.494 e. The van der Waals surface area contributed by atoms with Gasteiger partial charge in [-0.3, -0.25) is 4.79 Å². The average Bonchev–Trinajstić information content (AvgIpc) is 3.18. The van der Waals surface area contributed by atoms with Gasteiger partial charge in [0.2, 0.25) is 5.91 Å². The number of hydrogen-bond acceptors (Lipinski definition) is 4. The highest BCUT2D eigenvalue weighted by atomic mass is 32.1. The van der Waals surface area contributed by atoms with Crippen LogP contribution in [0.1, 0.15) is 19.8 Å². The lowest BCUT2D eigenvalue weighted by atomic mass is 10.1. The van der Waals surface area contributed by atoms with Crippen LogP contribution in [-0.2, 0) is 4.79 Å². The van der Waals surface area contributed by atoms with Crippen LogP contribution in [-0.4, -0.2) is 18.0 Å². The van der Waals surface area contributed by atoms with Gasteiger partial charge in [-0.2, -0.15) is 0 Å². The number of aromatic nitrogens is 1. The summed E-state index contributed by atoms with van der Waals surface area (Å²) in [5.41, 5.74) is 0.577. The number of benzene rings is 1. The molecule has 1 aliphatic carbocycles. The molecule has 20 heavy (non-hydrogen) atoms. The van der Waals surface area contributed by atoms with Crippen molar-refractivity contribution in [3.05, 3.63) is 17.9 Å². The number of nitrogens with zero attached hydrogens (tertiary/aromatic N) is 1. The number of amides is 1. The number of thiazole rings is 1. The number of carbonyl (C=O) groups excluding carboxylic acids is 1. The normalized spacial score (nSPS) is 16.1. The van der Waals surface area contributed by atoms with Gasteiger partial charge in [0, 0.05) is 12.0 Å². The number of anilines is 1. The van der Waals surface area contributed by atoms with E-state index in [4.69, 9.17) is 4.74 Å². The lowest BCUT2D eigenvalue weighted by Gasteiger charge is -2.08. The number of methoxy groups -OCH3 is 1. The maximum atomic E-state index is 13.4. The number of ether oxygens (including phenoxy) is 1. The van der Waals surface area contributed by atoms with Gasteiger partial charge in [0.15, 0.2) is 5.13 Å². The molecule has 1 N–H and O–H groups in total. The first-order valence-corrected chi connectivity index (χ1v) is 7.35. The van der Waals surface area contributed by atoms with Crippen LogP contribution in [0.3, 0.4) is 0 Å².